The molecule has 0 spiro atoms. The molecule has 0 aromatic rings. The number of allylic oxidation sites excluding steroid dienone is 16. The molecule has 0 saturated carbocycles. The van der Waals surface area contributed by atoms with Crippen molar-refractivity contribution in [2.75, 3.05) is 0 Å². The fourth-order valence-corrected chi connectivity index (χ4v) is 3.42. The maximum absolute atomic E-state index is 10.2. The molecule has 0 bridgehead atoms. The second-order valence-electron chi connectivity index (χ2n) is 9.43. The molecule has 5 heteroatoms. The first-order chi connectivity index (χ1) is 19.5. The molecule has 224 valence electrons. The van der Waals surface area contributed by atoms with Crippen LogP contribution >= 0.6 is 0 Å². The SMILES string of the molecule is CCC=CC=CC=CC=CCCCCCCCC(=O)[O-].CCC=CC=CC=CC=CCCCCCCCC(=O)[O-].[Mg+2]. The van der Waals surface area contributed by atoms with Crippen LogP contribution in [0.4, 0.5) is 0 Å². The molecule has 0 N–H and O–H groups in total. The van der Waals surface area contributed by atoms with Crippen molar-refractivity contribution in [3.05, 3.63) is 97.2 Å². The molecule has 0 aromatic heterocycles. The summed E-state index contributed by atoms with van der Waals surface area (Å²) in [7, 11) is 0. The number of carbonyl (C=O) groups is 2. The van der Waals surface area contributed by atoms with Crippen LogP contribution < -0.4 is 10.2 Å². The number of rotatable bonds is 24. The van der Waals surface area contributed by atoms with E-state index >= 15 is 0 Å². The molecular weight excluding hydrogens is 521 g/mol. The third-order valence-electron chi connectivity index (χ3n) is 5.63. The van der Waals surface area contributed by atoms with Crippen molar-refractivity contribution in [2.45, 2.75) is 117 Å². The average Bonchev–Trinajstić information content (AvgIpc) is 2.93. The van der Waals surface area contributed by atoms with E-state index in [0.29, 0.717) is 0 Å². The summed E-state index contributed by atoms with van der Waals surface area (Å²) < 4.78 is 0. The molecule has 4 nitrogen and oxygen atoms in total. The first kappa shape index (κ1) is 43.1. The standard InChI is InChI=1S/2C18H28O2.Mg/c2*1-2-3-4-5-6-7-8-9-10-11-12-13-14-15-16-17-18(19)20;/h2*3-10H,2,11-17H2,1H3,(H,19,20);/q;;+2/p-2. The van der Waals surface area contributed by atoms with Crippen molar-refractivity contribution in [2.24, 2.45) is 0 Å². The van der Waals surface area contributed by atoms with Crippen LogP contribution in [0.2, 0.25) is 0 Å². The third-order valence-corrected chi connectivity index (χ3v) is 5.63. The quantitative estimate of drug-likeness (QED) is 0.0668. The minimum atomic E-state index is -0.932. The maximum Gasteiger partial charge on any atom is 2.00 e. The minimum absolute atomic E-state index is 0. The molecular formula is C36H54MgO4. The predicted octanol–water partition coefficient (Wildman–Crippen LogP) is 7.82. The number of aliphatic carboxylic acids is 2. The zero-order valence-corrected chi connectivity index (χ0v) is 27.3. The van der Waals surface area contributed by atoms with Crippen LogP contribution in [0.5, 0.6) is 0 Å². The van der Waals surface area contributed by atoms with Crippen LogP contribution in [-0.4, -0.2) is 35.0 Å². The van der Waals surface area contributed by atoms with Crippen molar-refractivity contribution in [1.29, 1.82) is 0 Å². The molecule has 0 saturated heterocycles. The zero-order valence-electron chi connectivity index (χ0n) is 25.9. The molecule has 0 aliphatic heterocycles. The van der Waals surface area contributed by atoms with Gasteiger partial charge in [-0.1, -0.05) is 150 Å². The summed E-state index contributed by atoms with van der Waals surface area (Å²) in [5, 5.41) is 20.4. The van der Waals surface area contributed by atoms with Crippen LogP contribution in [0.15, 0.2) is 97.2 Å². The second-order valence-corrected chi connectivity index (χ2v) is 9.43. The van der Waals surface area contributed by atoms with Gasteiger partial charge >= 0.3 is 23.1 Å². The average molecular weight is 575 g/mol. The van der Waals surface area contributed by atoms with E-state index in [2.05, 4.69) is 62.5 Å². The molecule has 0 radical (unpaired) electrons. The van der Waals surface area contributed by atoms with E-state index < -0.39 is 11.9 Å². The Bertz CT molecular complexity index is 745. The van der Waals surface area contributed by atoms with Gasteiger partial charge in [-0.3, -0.25) is 0 Å². The maximum atomic E-state index is 10.2. The van der Waals surface area contributed by atoms with Gasteiger partial charge in [-0.15, -0.1) is 0 Å². The molecule has 0 aliphatic rings. The van der Waals surface area contributed by atoms with E-state index in [1.807, 2.05) is 48.6 Å². The summed E-state index contributed by atoms with van der Waals surface area (Å²) in [5.74, 6) is -1.86. The number of carbonyl (C=O) groups excluding carboxylic acids is 2. The minimum Gasteiger partial charge on any atom is -0.550 e. The van der Waals surface area contributed by atoms with E-state index in [-0.39, 0.29) is 35.9 Å². The Morgan fingerprint density at radius 1 is 0.415 bits per heavy atom. The van der Waals surface area contributed by atoms with Crippen molar-refractivity contribution < 1.29 is 19.8 Å². The van der Waals surface area contributed by atoms with Gasteiger partial charge in [0.1, 0.15) is 0 Å². The molecule has 0 amide bonds. The summed E-state index contributed by atoms with van der Waals surface area (Å²) in [4.78, 5) is 20.4. The molecule has 0 unspecified atom stereocenters. The Morgan fingerprint density at radius 3 is 1.00 bits per heavy atom. The van der Waals surface area contributed by atoms with E-state index in [9.17, 15) is 19.8 Å². The molecule has 0 aromatic carbocycles. The summed E-state index contributed by atoms with van der Waals surface area (Å²) in [6.45, 7) is 4.23. The van der Waals surface area contributed by atoms with Crippen molar-refractivity contribution in [3.63, 3.8) is 0 Å². The van der Waals surface area contributed by atoms with E-state index in [1.165, 1.54) is 25.7 Å². The van der Waals surface area contributed by atoms with Gasteiger partial charge in [0, 0.05) is 11.9 Å². The normalized spacial score (nSPS) is 12.1. The molecule has 0 heterocycles. The van der Waals surface area contributed by atoms with Crippen molar-refractivity contribution >= 4 is 35.0 Å². The van der Waals surface area contributed by atoms with Gasteiger partial charge in [-0.05, 0) is 64.2 Å². The van der Waals surface area contributed by atoms with Crippen molar-refractivity contribution in [1.82, 2.24) is 0 Å². The van der Waals surface area contributed by atoms with E-state index in [4.69, 9.17) is 0 Å². The van der Waals surface area contributed by atoms with Gasteiger partial charge in [0.15, 0.2) is 0 Å². The predicted molar refractivity (Wildman–Crippen MR) is 174 cm³/mol. The Morgan fingerprint density at radius 2 is 0.683 bits per heavy atom. The summed E-state index contributed by atoms with van der Waals surface area (Å²) >= 11 is 0. The van der Waals surface area contributed by atoms with Crippen LogP contribution in [0.3, 0.4) is 0 Å². The van der Waals surface area contributed by atoms with E-state index in [1.54, 1.807) is 0 Å². The smallest absolute Gasteiger partial charge is 0.550 e. The van der Waals surface area contributed by atoms with Gasteiger partial charge < -0.3 is 19.8 Å². The van der Waals surface area contributed by atoms with Crippen LogP contribution in [0.25, 0.3) is 0 Å². The van der Waals surface area contributed by atoms with Crippen LogP contribution in [0.1, 0.15) is 117 Å². The fraction of sp³-hybridized carbons (Fsp3) is 0.500. The monoisotopic (exact) mass is 574 g/mol. The second kappa shape index (κ2) is 39.8. The molecule has 0 atom stereocenters. The molecule has 0 rings (SSSR count). The van der Waals surface area contributed by atoms with Crippen molar-refractivity contribution in [3.8, 4) is 0 Å². The molecule has 0 fully saturated rings. The zero-order chi connectivity index (χ0) is 29.8. The molecule has 41 heavy (non-hydrogen) atoms. The number of carboxylic acids is 2. The van der Waals surface area contributed by atoms with Gasteiger partial charge in [0.25, 0.3) is 0 Å². The van der Waals surface area contributed by atoms with Gasteiger partial charge in [0.05, 0.1) is 0 Å². The van der Waals surface area contributed by atoms with Gasteiger partial charge in [-0.25, -0.2) is 0 Å². The molecule has 0 aliphatic carbocycles. The first-order valence-electron chi connectivity index (χ1n) is 15.2. The first-order valence-corrected chi connectivity index (χ1v) is 15.2. The number of hydrogen-bond acceptors (Lipinski definition) is 4. The van der Waals surface area contributed by atoms with Crippen LogP contribution in [0, 0.1) is 0 Å². The number of hydrogen-bond donors (Lipinski definition) is 0. The van der Waals surface area contributed by atoms with Gasteiger partial charge in [0.2, 0.25) is 0 Å². The third kappa shape index (κ3) is 47.7. The Kier molecular flexibility index (Phi) is 41.8. The summed E-state index contributed by atoms with van der Waals surface area (Å²) in [5.41, 5.74) is 0. The largest absolute Gasteiger partial charge is 2.00 e. The Hall–Kier alpha value is -2.37. The summed E-state index contributed by atoms with van der Waals surface area (Å²) in [6, 6.07) is 0. The van der Waals surface area contributed by atoms with Gasteiger partial charge in [-0.2, -0.15) is 0 Å². The fourth-order valence-electron chi connectivity index (χ4n) is 3.42. The Balaban J connectivity index is -0.000000688. The van der Waals surface area contributed by atoms with Crippen LogP contribution in [-0.2, 0) is 9.59 Å². The number of unbranched alkanes of at least 4 members (excludes halogenated alkanes) is 10. The number of carboxylic acid groups (broad SMARTS) is 2. The van der Waals surface area contributed by atoms with E-state index in [0.717, 1.165) is 64.2 Å². The Labute approximate surface area is 267 Å². The summed E-state index contributed by atoms with van der Waals surface area (Å²) in [6.07, 6.45) is 48.2. The topological polar surface area (TPSA) is 80.3 Å².